The highest BCUT2D eigenvalue weighted by Crippen LogP contribution is 2.53. The summed E-state index contributed by atoms with van der Waals surface area (Å²) >= 11 is 0. The van der Waals surface area contributed by atoms with E-state index in [1.807, 2.05) is 20.8 Å². The molecule has 3 heterocycles. The van der Waals surface area contributed by atoms with Crippen molar-refractivity contribution >= 4 is 23.4 Å². The highest BCUT2D eigenvalue weighted by atomic mass is 19.1. The van der Waals surface area contributed by atoms with Gasteiger partial charge in [0, 0.05) is 23.8 Å². The zero-order valence-corrected chi connectivity index (χ0v) is 15.7. The zero-order valence-electron chi connectivity index (χ0n) is 15.7. The predicted molar refractivity (Wildman–Crippen MR) is 97.1 cm³/mol. The first-order valence-corrected chi connectivity index (χ1v) is 9.57. The van der Waals surface area contributed by atoms with Crippen LogP contribution < -0.4 is 10.6 Å². The normalized spacial score (nSPS) is 31.8. The minimum Gasteiger partial charge on any atom is -0.324 e. The predicted octanol–water partition coefficient (Wildman–Crippen LogP) is 2.00. The van der Waals surface area contributed by atoms with Crippen molar-refractivity contribution < 1.29 is 18.8 Å². The number of unbranched alkanes of at least 4 members (excludes halogenated alkanes) is 1. The molecule has 144 valence electrons. The first kappa shape index (κ1) is 18.1. The van der Waals surface area contributed by atoms with Crippen LogP contribution in [0.5, 0.6) is 0 Å². The van der Waals surface area contributed by atoms with Gasteiger partial charge in [0.15, 0.2) is 0 Å². The summed E-state index contributed by atoms with van der Waals surface area (Å²) in [6.07, 6.45) is 1.58. The van der Waals surface area contributed by atoms with Crippen molar-refractivity contribution in [1.29, 1.82) is 0 Å². The molecule has 27 heavy (non-hydrogen) atoms. The van der Waals surface area contributed by atoms with Crippen LogP contribution in [0, 0.1) is 23.6 Å². The lowest BCUT2D eigenvalue weighted by Gasteiger charge is -2.30. The number of carbonyl (C=O) groups excluding carboxylic acids is 3. The van der Waals surface area contributed by atoms with Crippen LogP contribution in [0.15, 0.2) is 18.2 Å². The maximum absolute atomic E-state index is 14.0. The molecule has 0 aromatic heterocycles. The number of likely N-dealkylation sites (tertiary alicyclic amines) is 1. The fourth-order valence-electron chi connectivity index (χ4n) is 4.88. The number of carbonyl (C=O) groups is 3. The van der Waals surface area contributed by atoms with Gasteiger partial charge in [-0.25, -0.2) is 4.39 Å². The molecule has 1 aromatic carbocycles. The van der Waals surface area contributed by atoms with Gasteiger partial charge in [-0.1, -0.05) is 27.2 Å². The lowest BCUT2D eigenvalue weighted by Crippen LogP contribution is -2.54. The second-order valence-electron chi connectivity index (χ2n) is 8.05. The number of amides is 3. The average molecular weight is 373 g/mol. The number of nitrogens with zero attached hydrogens (tertiary/aromatic N) is 1. The van der Waals surface area contributed by atoms with Crippen molar-refractivity contribution in [2.75, 3.05) is 11.9 Å². The Hall–Kier alpha value is -2.28. The number of fused-ring (bicyclic) bond motifs is 4. The highest BCUT2D eigenvalue weighted by Gasteiger charge is 2.70. The molecule has 3 amide bonds. The van der Waals surface area contributed by atoms with Crippen molar-refractivity contribution in [2.45, 2.75) is 45.2 Å². The van der Waals surface area contributed by atoms with E-state index in [1.54, 1.807) is 0 Å². The van der Waals surface area contributed by atoms with Gasteiger partial charge >= 0.3 is 0 Å². The molecule has 1 aromatic rings. The van der Waals surface area contributed by atoms with Crippen LogP contribution in [0.25, 0.3) is 0 Å². The summed E-state index contributed by atoms with van der Waals surface area (Å²) in [5.41, 5.74) is -0.487. The highest BCUT2D eigenvalue weighted by molar-refractivity contribution is 6.15. The maximum Gasteiger partial charge on any atom is 0.250 e. The van der Waals surface area contributed by atoms with E-state index >= 15 is 0 Å². The van der Waals surface area contributed by atoms with E-state index in [9.17, 15) is 18.8 Å². The number of rotatable bonds is 4. The van der Waals surface area contributed by atoms with Gasteiger partial charge in [-0.05, 0) is 30.5 Å². The van der Waals surface area contributed by atoms with Crippen LogP contribution in [-0.2, 0) is 19.9 Å². The van der Waals surface area contributed by atoms with E-state index in [2.05, 4.69) is 10.6 Å². The quantitative estimate of drug-likeness (QED) is 0.792. The van der Waals surface area contributed by atoms with Crippen LogP contribution in [0.4, 0.5) is 10.1 Å². The molecule has 6 nitrogen and oxygen atoms in total. The van der Waals surface area contributed by atoms with E-state index in [4.69, 9.17) is 0 Å². The summed E-state index contributed by atoms with van der Waals surface area (Å²) in [5, 5.41) is 6.06. The summed E-state index contributed by atoms with van der Waals surface area (Å²) in [4.78, 5) is 40.7. The van der Waals surface area contributed by atoms with Crippen molar-refractivity contribution in [3.8, 4) is 0 Å². The Balaban J connectivity index is 1.86. The van der Waals surface area contributed by atoms with Gasteiger partial charge in [-0.15, -0.1) is 0 Å². The number of imide groups is 1. The van der Waals surface area contributed by atoms with E-state index in [0.717, 1.165) is 12.8 Å². The Morgan fingerprint density at radius 2 is 1.96 bits per heavy atom. The Bertz CT molecular complexity index is 840. The molecule has 3 aliphatic heterocycles. The van der Waals surface area contributed by atoms with Gasteiger partial charge in [-0.2, -0.15) is 0 Å². The van der Waals surface area contributed by atoms with Crippen molar-refractivity contribution in [1.82, 2.24) is 10.2 Å². The zero-order chi connectivity index (χ0) is 19.5. The topological polar surface area (TPSA) is 78.5 Å². The van der Waals surface area contributed by atoms with Gasteiger partial charge in [0.25, 0.3) is 0 Å². The third-order valence-electron chi connectivity index (χ3n) is 6.16. The van der Waals surface area contributed by atoms with Gasteiger partial charge in [-0.3, -0.25) is 24.6 Å². The third-order valence-corrected chi connectivity index (χ3v) is 6.16. The standard InChI is InChI=1S/C20H24FN3O3/c1-4-5-8-24-17(25)14-15(18(24)26)20(23-16(14)10(2)3)12-9-11(21)6-7-13(12)22-19(20)27/h6-7,9-10,14-16,23H,4-5,8H2,1-3H3,(H,22,27)/t14-,15-,16-,20+/m0/s1. The van der Waals surface area contributed by atoms with E-state index in [-0.39, 0.29) is 29.7 Å². The molecule has 4 rings (SSSR count). The number of halogens is 1. The van der Waals surface area contributed by atoms with Gasteiger partial charge < -0.3 is 5.32 Å². The minimum absolute atomic E-state index is 0.0326. The van der Waals surface area contributed by atoms with Crippen LogP contribution in [0.3, 0.4) is 0 Å². The molecule has 2 fully saturated rings. The number of hydrogen-bond acceptors (Lipinski definition) is 4. The molecule has 3 aliphatic rings. The lowest BCUT2D eigenvalue weighted by atomic mass is 9.76. The maximum atomic E-state index is 14.0. The van der Waals surface area contributed by atoms with Gasteiger partial charge in [0.2, 0.25) is 17.7 Å². The summed E-state index contributed by atoms with van der Waals surface area (Å²) in [5.74, 6) is -2.85. The molecular weight excluding hydrogens is 349 g/mol. The molecule has 0 bridgehead atoms. The Morgan fingerprint density at radius 3 is 2.63 bits per heavy atom. The van der Waals surface area contributed by atoms with Crippen molar-refractivity contribution in [3.63, 3.8) is 0 Å². The second kappa shape index (κ2) is 6.12. The minimum atomic E-state index is -1.40. The molecule has 7 heteroatoms. The molecule has 2 N–H and O–H groups in total. The average Bonchev–Trinajstić information content (AvgIpc) is 3.20. The van der Waals surface area contributed by atoms with Gasteiger partial charge in [0.1, 0.15) is 11.4 Å². The SMILES string of the molecule is CCCCN1C(=O)[C@H]2[C@@H](C1=O)[C@@]1(N[C@H]2C(C)C)C(=O)Nc2ccc(F)cc21. The van der Waals surface area contributed by atoms with Gasteiger partial charge in [0.05, 0.1) is 11.8 Å². The Morgan fingerprint density at radius 1 is 1.22 bits per heavy atom. The number of anilines is 1. The summed E-state index contributed by atoms with van der Waals surface area (Å²) in [7, 11) is 0. The van der Waals surface area contributed by atoms with E-state index < -0.39 is 23.2 Å². The molecule has 2 saturated heterocycles. The summed E-state index contributed by atoms with van der Waals surface area (Å²) in [6, 6.07) is 3.75. The third kappa shape index (κ3) is 2.30. The Kier molecular flexibility index (Phi) is 4.10. The first-order chi connectivity index (χ1) is 12.8. The fourth-order valence-corrected chi connectivity index (χ4v) is 4.88. The van der Waals surface area contributed by atoms with Crippen LogP contribution in [0.1, 0.15) is 39.2 Å². The first-order valence-electron chi connectivity index (χ1n) is 9.57. The molecule has 0 aliphatic carbocycles. The lowest BCUT2D eigenvalue weighted by molar-refractivity contribution is -0.143. The number of nitrogens with one attached hydrogen (secondary N) is 2. The largest absolute Gasteiger partial charge is 0.324 e. The number of benzene rings is 1. The van der Waals surface area contributed by atoms with E-state index in [0.29, 0.717) is 17.8 Å². The monoisotopic (exact) mass is 373 g/mol. The molecule has 0 radical (unpaired) electrons. The number of hydrogen-bond donors (Lipinski definition) is 2. The summed E-state index contributed by atoms with van der Waals surface area (Å²) < 4.78 is 14.0. The molecule has 1 spiro atoms. The van der Waals surface area contributed by atoms with Crippen LogP contribution in [-0.4, -0.2) is 35.2 Å². The molecule has 4 atom stereocenters. The van der Waals surface area contributed by atoms with Crippen LogP contribution in [0.2, 0.25) is 0 Å². The molecule has 0 saturated carbocycles. The summed E-state index contributed by atoms with van der Waals surface area (Å²) in [6.45, 7) is 6.27. The fraction of sp³-hybridized carbons (Fsp3) is 0.550. The van der Waals surface area contributed by atoms with Crippen LogP contribution >= 0.6 is 0 Å². The van der Waals surface area contributed by atoms with E-state index in [1.165, 1.54) is 23.1 Å². The van der Waals surface area contributed by atoms with Crippen molar-refractivity contribution in [2.24, 2.45) is 17.8 Å². The molecule has 0 unspecified atom stereocenters. The smallest absolute Gasteiger partial charge is 0.250 e. The second-order valence-corrected chi connectivity index (χ2v) is 8.05. The van der Waals surface area contributed by atoms with Crippen molar-refractivity contribution in [3.05, 3.63) is 29.6 Å². The molecular formula is C20H24FN3O3. The Labute approximate surface area is 157 Å².